The monoisotopic (exact) mass is 253 g/mol. The van der Waals surface area contributed by atoms with Gasteiger partial charge in [-0.1, -0.05) is 31.5 Å². The molecule has 100 valence electrons. The molecule has 1 unspecified atom stereocenters. The van der Waals surface area contributed by atoms with E-state index in [0.717, 1.165) is 13.0 Å². The molecule has 0 aliphatic rings. The summed E-state index contributed by atoms with van der Waals surface area (Å²) in [6, 6.07) is 4.68. The second-order valence-corrected chi connectivity index (χ2v) is 4.51. The van der Waals surface area contributed by atoms with E-state index in [-0.39, 0.29) is 11.4 Å². The van der Waals surface area contributed by atoms with Crippen molar-refractivity contribution in [2.45, 2.75) is 20.3 Å². The molecule has 1 aromatic carbocycles. The largest absolute Gasteiger partial charge is 0.409 e. The summed E-state index contributed by atoms with van der Waals surface area (Å²) in [4.78, 5) is 1.92. The molecule has 0 amide bonds. The Bertz CT molecular complexity index is 434. The van der Waals surface area contributed by atoms with Gasteiger partial charge in [0.05, 0.1) is 11.3 Å². The zero-order valence-electron chi connectivity index (χ0n) is 11.0. The molecule has 0 heterocycles. The Balaban J connectivity index is 3.12. The fraction of sp³-hybridized carbons (Fsp3) is 0.462. The molecule has 0 aromatic heterocycles. The van der Waals surface area contributed by atoms with Gasteiger partial charge in [0.15, 0.2) is 5.84 Å². The third-order valence-corrected chi connectivity index (χ3v) is 3.05. The van der Waals surface area contributed by atoms with Crippen LogP contribution in [0.3, 0.4) is 0 Å². The highest BCUT2D eigenvalue weighted by Crippen LogP contribution is 2.23. The molecule has 0 fully saturated rings. The van der Waals surface area contributed by atoms with Crippen molar-refractivity contribution in [3.05, 3.63) is 29.6 Å². The lowest BCUT2D eigenvalue weighted by molar-refractivity contribution is 0.318. The van der Waals surface area contributed by atoms with Gasteiger partial charge in [-0.25, -0.2) is 4.39 Å². The van der Waals surface area contributed by atoms with Crippen molar-refractivity contribution in [3.63, 3.8) is 0 Å². The van der Waals surface area contributed by atoms with Gasteiger partial charge in [-0.05, 0) is 18.1 Å². The Kier molecular flexibility index (Phi) is 4.95. The van der Waals surface area contributed by atoms with Crippen molar-refractivity contribution in [1.82, 2.24) is 0 Å². The molecule has 5 heteroatoms. The molecule has 1 aromatic rings. The van der Waals surface area contributed by atoms with Crippen LogP contribution < -0.4 is 10.6 Å². The van der Waals surface area contributed by atoms with Crippen molar-refractivity contribution in [1.29, 1.82) is 0 Å². The maximum Gasteiger partial charge on any atom is 0.175 e. The van der Waals surface area contributed by atoms with Crippen LogP contribution in [0.15, 0.2) is 23.4 Å². The summed E-state index contributed by atoms with van der Waals surface area (Å²) in [5.41, 5.74) is 6.30. The zero-order valence-corrected chi connectivity index (χ0v) is 11.0. The highest BCUT2D eigenvalue weighted by atomic mass is 19.1. The van der Waals surface area contributed by atoms with Gasteiger partial charge in [-0.15, -0.1) is 0 Å². The standard InChI is InChI=1S/C13H20FN3O/c1-4-9(2)8-17(3)11-7-5-6-10(14)12(11)13(15)16-18/h5-7,9,18H,4,8H2,1-3H3,(H2,15,16). The van der Waals surface area contributed by atoms with E-state index in [1.165, 1.54) is 6.07 Å². The van der Waals surface area contributed by atoms with Crippen LogP contribution >= 0.6 is 0 Å². The molecule has 0 saturated heterocycles. The quantitative estimate of drug-likeness (QED) is 0.366. The Morgan fingerprint density at radius 1 is 1.56 bits per heavy atom. The number of benzene rings is 1. The first-order valence-electron chi connectivity index (χ1n) is 5.98. The molecule has 0 saturated carbocycles. The molecule has 18 heavy (non-hydrogen) atoms. The lowest BCUT2D eigenvalue weighted by atomic mass is 10.1. The lowest BCUT2D eigenvalue weighted by Crippen LogP contribution is -2.27. The van der Waals surface area contributed by atoms with Crippen LogP contribution in [0.2, 0.25) is 0 Å². The predicted molar refractivity (Wildman–Crippen MR) is 71.6 cm³/mol. The number of anilines is 1. The van der Waals surface area contributed by atoms with Gasteiger partial charge in [0.25, 0.3) is 0 Å². The van der Waals surface area contributed by atoms with Gasteiger partial charge < -0.3 is 15.8 Å². The number of halogens is 1. The number of hydrogen-bond acceptors (Lipinski definition) is 3. The zero-order chi connectivity index (χ0) is 13.7. The molecular weight excluding hydrogens is 233 g/mol. The molecule has 1 atom stereocenters. The topological polar surface area (TPSA) is 61.8 Å². The minimum atomic E-state index is -0.487. The number of nitrogens with two attached hydrogens (primary N) is 1. The smallest absolute Gasteiger partial charge is 0.175 e. The van der Waals surface area contributed by atoms with E-state index >= 15 is 0 Å². The van der Waals surface area contributed by atoms with Crippen LogP contribution in [0.4, 0.5) is 10.1 Å². The van der Waals surface area contributed by atoms with Crippen molar-refractivity contribution in [2.24, 2.45) is 16.8 Å². The average molecular weight is 253 g/mol. The van der Waals surface area contributed by atoms with Crippen LogP contribution in [0, 0.1) is 11.7 Å². The van der Waals surface area contributed by atoms with E-state index < -0.39 is 5.82 Å². The van der Waals surface area contributed by atoms with Gasteiger partial charge in [0.2, 0.25) is 0 Å². The number of rotatable bonds is 5. The third kappa shape index (κ3) is 3.12. The SMILES string of the molecule is CCC(C)CN(C)c1cccc(F)c1C(N)=NO. The summed E-state index contributed by atoms with van der Waals surface area (Å²) < 4.78 is 13.8. The number of nitrogens with zero attached hydrogens (tertiary/aromatic N) is 2. The summed E-state index contributed by atoms with van der Waals surface area (Å²) in [6.45, 7) is 5.01. The Morgan fingerprint density at radius 3 is 2.78 bits per heavy atom. The van der Waals surface area contributed by atoms with Crippen molar-refractivity contribution in [3.8, 4) is 0 Å². The van der Waals surface area contributed by atoms with Crippen molar-refractivity contribution >= 4 is 11.5 Å². The fourth-order valence-electron chi connectivity index (χ4n) is 1.83. The molecule has 3 N–H and O–H groups in total. The lowest BCUT2D eigenvalue weighted by Gasteiger charge is -2.25. The summed E-state index contributed by atoms with van der Waals surface area (Å²) in [6.07, 6.45) is 1.04. The third-order valence-electron chi connectivity index (χ3n) is 3.05. The second kappa shape index (κ2) is 6.23. The molecular formula is C13H20FN3O. The molecule has 0 aliphatic carbocycles. The van der Waals surface area contributed by atoms with E-state index in [2.05, 4.69) is 19.0 Å². The minimum absolute atomic E-state index is 0.144. The highest BCUT2D eigenvalue weighted by molar-refractivity contribution is 6.02. The fourth-order valence-corrected chi connectivity index (χ4v) is 1.83. The first-order valence-corrected chi connectivity index (χ1v) is 5.98. The first kappa shape index (κ1) is 14.3. The normalized spacial score (nSPS) is 13.4. The minimum Gasteiger partial charge on any atom is -0.409 e. The Labute approximate surface area is 107 Å². The van der Waals surface area contributed by atoms with Crippen LogP contribution in [0.5, 0.6) is 0 Å². The molecule has 4 nitrogen and oxygen atoms in total. The summed E-state index contributed by atoms with van der Waals surface area (Å²) >= 11 is 0. The van der Waals surface area contributed by atoms with Gasteiger partial charge >= 0.3 is 0 Å². The molecule has 0 radical (unpaired) electrons. The molecule has 1 rings (SSSR count). The van der Waals surface area contributed by atoms with E-state index in [0.29, 0.717) is 11.6 Å². The maximum atomic E-state index is 13.8. The number of hydrogen-bond donors (Lipinski definition) is 2. The van der Waals surface area contributed by atoms with Crippen molar-refractivity contribution < 1.29 is 9.60 Å². The van der Waals surface area contributed by atoms with Crippen LogP contribution in [-0.2, 0) is 0 Å². The van der Waals surface area contributed by atoms with E-state index in [1.54, 1.807) is 12.1 Å². The predicted octanol–water partition coefficient (Wildman–Crippen LogP) is 2.40. The summed E-state index contributed by atoms with van der Waals surface area (Å²) in [7, 11) is 1.87. The summed E-state index contributed by atoms with van der Waals surface area (Å²) in [5, 5.41) is 11.6. The number of oxime groups is 1. The Morgan fingerprint density at radius 2 is 2.22 bits per heavy atom. The van der Waals surface area contributed by atoms with E-state index in [9.17, 15) is 4.39 Å². The van der Waals surface area contributed by atoms with Gasteiger partial charge in [0, 0.05) is 13.6 Å². The average Bonchev–Trinajstić information content (AvgIpc) is 2.37. The number of amidine groups is 1. The van der Waals surface area contributed by atoms with E-state index in [1.807, 2.05) is 11.9 Å². The van der Waals surface area contributed by atoms with Crippen LogP contribution in [0.1, 0.15) is 25.8 Å². The molecule has 0 spiro atoms. The maximum absolute atomic E-state index is 13.8. The van der Waals surface area contributed by atoms with Crippen LogP contribution in [0.25, 0.3) is 0 Å². The van der Waals surface area contributed by atoms with Crippen molar-refractivity contribution in [2.75, 3.05) is 18.5 Å². The molecule has 0 bridgehead atoms. The van der Waals surface area contributed by atoms with Crippen LogP contribution in [-0.4, -0.2) is 24.6 Å². The Hall–Kier alpha value is -1.78. The highest BCUT2D eigenvalue weighted by Gasteiger charge is 2.16. The van der Waals surface area contributed by atoms with Gasteiger partial charge in [0.1, 0.15) is 5.82 Å². The van der Waals surface area contributed by atoms with E-state index in [4.69, 9.17) is 10.9 Å². The first-order chi connectivity index (χ1) is 8.51. The van der Waals surface area contributed by atoms with Gasteiger partial charge in [-0.3, -0.25) is 0 Å². The second-order valence-electron chi connectivity index (χ2n) is 4.51. The summed E-state index contributed by atoms with van der Waals surface area (Å²) in [5.74, 6) is -0.212. The van der Waals surface area contributed by atoms with Gasteiger partial charge in [-0.2, -0.15) is 0 Å². The molecule has 0 aliphatic heterocycles.